The third-order valence-electron chi connectivity index (χ3n) is 3.84. The van der Waals surface area contributed by atoms with Gasteiger partial charge < -0.3 is 0 Å². The maximum absolute atomic E-state index is 2.30. The molecule has 0 nitrogen and oxygen atoms in total. The molecular weight excluding hydrogens is 228 g/mol. The summed E-state index contributed by atoms with van der Waals surface area (Å²) in [6.45, 7) is 4.42. The van der Waals surface area contributed by atoms with Crippen LogP contribution in [0.2, 0.25) is 0 Å². The van der Waals surface area contributed by atoms with Crippen LogP contribution in [0.1, 0.15) is 18.1 Å². The van der Waals surface area contributed by atoms with Gasteiger partial charge in [0, 0.05) is 0 Å². The fraction of sp³-hybridized carbons (Fsp3) is 0.158. The Hall–Kier alpha value is -2.08. The van der Waals surface area contributed by atoms with Crippen LogP contribution in [-0.2, 0) is 6.42 Å². The van der Waals surface area contributed by atoms with Gasteiger partial charge in [0.15, 0.2) is 0 Å². The lowest BCUT2D eigenvalue weighted by Crippen LogP contribution is -1.87. The summed E-state index contributed by atoms with van der Waals surface area (Å²) in [5.41, 5.74) is 5.42. The molecule has 19 heavy (non-hydrogen) atoms. The molecule has 0 aliphatic carbocycles. The predicted molar refractivity (Wildman–Crippen MR) is 83.5 cm³/mol. The number of fused-ring (bicyclic) bond motifs is 1. The lowest BCUT2D eigenvalue weighted by molar-refractivity contribution is 1.14. The zero-order chi connectivity index (χ0) is 13.2. The van der Waals surface area contributed by atoms with Gasteiger partial charge in [-0.1, -0.05) is 67.6 Å². The van der Waals surface area contributed by atoms with Gasteiger partial charge in [-0.3, -0.25) is 0 Å². The van der Waals surface area contributed by atoms with E-state index in [1.807, 2.05) is 0 Å². The molecule has 0 aromatic heterocycles. The van der Waals surface area contributed by atoms with E-state index in [9.17, 15) is 0 Å². The number of aryl methyl sites for hydroxylation is 2. The van der Waals surface area contributed by atoms with Crippen molar-refractivity contribution in [3.63, 3.8) is 0 Å². The van der Waals surface area contributed by atoms with Crippen LogP contribution in [0.3, 0.4) is 0 Å². The van der Waals surface area contributed by atoms with Crippen molar-refractivity contribution in [3.05, 3.63) is 71.8 Å². The van der Waals surface area contributed by atoms with Crippen molar-refractivity contribution in [1.29, 1.82) is 0 Å². The Bertz CT molecular complexity index is 723. The van der Waals surface area contributed by atoms with Crippen LogP contribution >= 0.6 is 0 Å². The number of benzene rings is 3. The minimum Gasteiger partial charge on any atom is -0.0616 e. The topological polar surface area (TPSA) is 0 Å². The highest BCUT2D eigenvalue weighted by Crippen LogP contribution is 2.30. The Morgan fingerprint density at radius 2 is 1.68 bits per heavy atom. The van der Waals surface area contributed by atoms with Gasteiger partial charge >= 0.3 is 0 Å². The number of hydrogen-bond donors (Lipinski definition) is 0. The minimum atomic E-state index is 1.08. The van der Waals surface area contributed by atoms with Gasteiger partial charge in [0.05, 0.1) is 0 Å². The molecule has 0 fully saturated rings. The van der Waals surface area contributed by atoms with Crippen molar-refractivity contribution in [2.75, 3.05) is 0 Å². The first-order chi connectivity index (χ1) is 9.29. The molecule has 3 aromatic carbocycles. The van der Waals surface area contributed by atoms with Crippen LogP contribution in [0.5, 0.6) is 0 Å². The molecule has 0 saturated carbocycles. The monoisotopic (exact) mass is 246 g/mol. The Morgan fingerprint density at radius 1 is 0.842 bits per heavy atom. The van der Waals surface area contributed by atoms with E-state index in [2.05, 4.69) is 74.5 Å². The Balaban J connectivity index is 2.22. The molecule has 0 aliphatic heterocycles. The molecule has 0 N–H and O–H groups in total. The van der Waals surface area contributed by atoms with Crippen LogP contribution in [0.25, 0.3) is 21.9 Å². The summed E-state index contributed by atoms with van der Waals surface area (Å²) >= 11 is 0. The maximum atomic E-state index is 2.30. The number of rotatable bonds is 2. The molecule has 0 aliphatic rings. The molecule has 0 saturated heterocycles. The van der Waals surface area contributed by atoms with Crippen molar-refractivity contribution in [2.24, 2.45) is 0 Å². The van der Waals surface area contributed by atoms with Crippen LogP contribution in [0.15, 0.2) is 60.7 Å². The summed E-state index contributed by atoms with van der Waals surface area (Å²) in [6, 6.07) is 21.9. The second-order valence-electron chi connectivity index (χ2n) is 5.01. The Labute approximate surface area is 114 Å². The standard InChI is InChI=1S/C19H18/c1-3-15-7-6-9-17(13-15)19-12-11-16-8-4-5-10-18(16)14(19)2/h4-13H,3H2,1-2H3. The van der Waals surface area contributed by atoms with Crippen molar-refractivity contribution in [1.82, 2.24) is 0 Å². The quantitative estimate of drug-likeness (QED) is 0.569. The normalized spacial score (nSPS) is 10.8. The number of hydrogen-bond acceptors (Lipinski definition) is 0. The van der Waals surface area contributed by atoms with E-state index in [0.717, 1.165) is 6.42 Å². The summed E-state index contributed by atoms with van der Waals surface area (Å²) in [5, 5.41) is 2.66. The predicted octanol–water partition coefficient (Wildman–Crippen LogP) is 5.38. The highest BCUT2D eigenvalue weighted by atomic mass is 14.1. The van der Waals surface area contributed by atoms with Gasteiger partial charge in [-0.25, -0.2) is 0 Å². The molecular formula is C19H18. The fourth-order valence-electron chi connectivity index (χ4n) is 2.70. The van der Waals surface area contributed by atoms with Gasteiger partial charge in [-0.05, 0) is 46.4 Å². The Morgan fingerprint density at radius 3 is 2.53 bits per heavy atom. The average Bonchev–Trinajstić information content (AvgIpc) is 2.48. The fourth-order valence-corrected chi connectivity index (χ4v) is 2.70. The van der Waals surface area contributed by atoms with E-state index < -0.39 is 0 Å². The van der Waals surface area contributed by atoms with Crippen LogP contribution in [-0.4, -0.2) is 0 Å². The first kappa shape index (κ1) is 12.0. The van der Waals surface area contributed by atoms with Gasteiger partial charge in [0.25, 0.3) is 0 Å². The van der Waals surface area contributed by atoms with Gasteiger partial charge in [-0.2, -0.15) is 0 Å². The molecule has 94 valence electrons. The first-order valence-electron chi connectivity index (χ1n) is 6.87. The highest BCUT2D eigenvalue weighted by molar-refractivity contribution is 5.91. The largest absolute Gasteiger partial charge is 0.0616 e. The minimum absolute atomic E-state index is 1.08. The van der Waals surface area contributed by atoms with Gasteiger partial charge in [-0.15, -0.1) is 0 Å². The third kappa shape index (κ3) is 2.15. The first-order valence-corrected chi connectivity index (χ1v) is 6.87. The van der Waals surface area contributed by atoms with Gasteiger partial charge in [0.1, 0.15) is 0 Å². The van der Waals surface area contributed by atoms with Crippen molar-refractivity contribution in [3.8, 4) is 11.1 Å². The molecule has 0 unspecified atom stereocenters. The van der Waals surface area contributed by atoms with Crippen molar-refractivity contribution < 1.29 is 0 Å². The summed E-state index contributed by atoms with van der Waals surface area (Å²) < 4.78 is 0. The van der Waals surface area contributed by atoms with Crippen LogP contribution in [0.4, 0.5) is 0 Å². The zero-order valence-corrected chi connectivity index (χ0v) is 11.5. The van der Waals surface area contributed by atoms with E-state index in [-0.39, 0.29) is 0 Å². The maximum Gasteiger partial charge on any atom is -0.0148 e. The lowest BCUT2D eigenvalue weighted by Gasteiger charge is -2.10. The summed E-state index contributed by atoms with van der Waals surface area (Å²) in [4.78, 5) is 0. The molecule has 0 radical (unpaired) electrons. The second-order valence-corrected chi connectivity index (χ2v) is 5.01. The summed E-state index contributed by atoms with van der Waals surface area (Å²) in [6.07, 6.45) is 1.08. The van der Waals surface area contributed by atoms with E-state index in [1.165, 1.54) is 33.0 Å². The zero-order valence-electron chi connectivity index (χ0n) is 11.5. The summed E-state index contributed by atoms with van der Waals surface area (Å²) in [7, 11) is 0. The average molecular weight is 246 g/mol. The Kier molecular flexibility index (Phi) is 3.08. The molecule has 0 heteroatoms. The van der Waals surface area contributed by atoms with E-state index in [0.29, 0.717) is 0 Å². The van der Waals surface area contributed by atoms with Crippen LogP contribution in [0, 0.1) is 6.92 Å². The van der Waals surface area contributed by atoms with Crippen molar-refractivity contribution in [2.45, 2.75) is 20.3 Å². The highest BCUT2D eigenvalue weighted by Gasteiger charge is 2.05. The molecule has 3 rings (SSSR count). The smallest absolute Gasteiger partial charge is 0.0148 e. The van der Waals surface area contributed by atoms with Crippen LogP contribution < -0.4 is 0 Å². The second kappa shape index (κ2) is 4.89. The SMILES string of the molecule is CCc1cccc(-c2ccc3ccccc3c2C)c1. The molecule has 0 atom stereocenters. The molecule has 0 amide bonds. The van der Waals surface area contributed by atoms with E-state index >= 15 is 0 Å². The molecule has 0 heterocycles. The van der Waals surface area contributed by atoms with E-state index in [1.54, 1.807) is 0 Å². The van der Waals surface area contributed by atoms with Crippen molar-refractivity contribution >= 4 is 10.8 Å². The molecule has 0 spiro atoms. The third-order valence-corrected chi connectivity index (χ3v) is 3.84. The van der Waals surface area contributed by atoms with E-state index in [4.69, 9.17) is 0 Å². The molecule has 3 aromatic rings. The summed E-state index contributed by atoms with van der Waals surface area (Å²) in [5.74, 6) is 0. The molecule has 0 bridgehead atoms. The van der Waals surface area contributed by atoms with Gasteiger partial charge in [0.2, 0.25) is 0 Å². The lowest BCUT2D eigenvalue weighted by atomic mass is 9.94.